The molecule has 7 nitrogen and oxygen atoms in total. The number of guanidine groups is 1. The fraction of sp³-hybridized carbons (Fsp3) is 0.545. The maximum atomic E-state index is 5.70. The highest BCUT2D eigenvalue weighted by atomic mass is 127. The number of aromatic nitrogens is 2. The molecule has 1 aliphatic rings. The van der Waals surface area contributed by atoms with E-state index in [0.29, 0.717) is 25.1 Å². The van der Waals surface area contributed by atoms with E-state index >= 15 is 0 Å². The molecule has 1 saturated heterocycles. The lowest BCUT2D eigenvalue weighted by atomic mass is 9.93. The summed E-state index contributed by atoms with van der Waals surface area (Å²) < 4.78 is 13.3. The van der Waals surface area contributed by atoms with Gasteiger partial charge in [0.25, 0.3) is 0 Å². The number of hydrogen-bond donors (Lipinski definition) is 1. The number of benzene rings is 1. The molecule has 2 aromatic rings. The van der Waals surface area contributed by atoms with Crippen molar-refractivity contribution in [1.82, 2.24) is 19.8 Å². The van der Waals surface area contributed by atoms with Gasteiger partial charge in [-0.1, -0.05) is 13.0 Å². The number of hydrogen-bond acceptors (Lipinski definition) is 4. The van der Waals surface area contributed by atoms with E-state index in [9.17, 15) is 0 Å². The first-order chi connectivity index (χ1) is 14.2. The molecule has 0 bridgehead atoms. The third-order valence-corrected chi connectivity index (χ3v) is 5.40. The van der Waals surface area contributed by atoms with Crippen molar-refractivity contribution in [2.75, 3.05) is 33.4 Å². The van der Waals surface area contributed by atoms with Crippen molar-refractivity contribution < 1.29 is 9.47 Å². The number of halogens is 1. The third-order valence-electron chi connectivity index (χ3n) is 5.40. The highest BCUT2D eigenvalue weighted by molar-refractivity contribution is 14.0. The van der Waals surface area contributed by atoms with Crippen LogP contribution >= 0.6 is 24.0 Å². The van der Waals surface area contributed by atoms with Crippen molar-refractivity contribution in [3.8, 4) is 11.5 Å². The second kappa shape index (κ2) is 12.0. The molecule has 0 aliphatic carbocycles. The number of likely N-dealkylation sites (tertiary alicyclic amines) is 1. The van der Waals surface area contributed by atoms with Crippen molar-refractivity contribution in [3.05, 3.63) is 42.5 Å². The standard InChI is InChI=1S/C22H33N5O2.HI/c1-5-24-22(25-14-18-7-8-20(28-4)21(13-18)29-6-2)26-11-9-17(3)19(15-26)27-12-10-23-16-27;/h7-8,10,12-13,16-17,19H,5-6,9,11,14-15H2,1-4H3,(H,24,25);1H. The molecular weight excluding hydrogens is 493 g/mol. The van der Waals surface area contributed by atoms with Crippen molar-refractivity contribution >= 4 is 29.9 Å². The molecule has 1 fully saturated rings. The summed E-state index contributed by atoms with van der Waals surface area (Å²) in [7, 11) is 1.66. The van der Waals surface area contributed by atoms with Gasteiger partial charge in [0.2, 0.25) is 0 Å². The van der Waals surface area contributed by atoms with Crippen LogP contribution in [0.15, 0.2) is 41.9 Å². The van der Waals surface area contributed by atoms with Gasteiger partial charge >= 0.3 is 0 Å². The number of piperidine rings is 1. The maximum absolute atomic E-state index is 5.70. The normalized spacial score (nSPS) is 19.2. The summed E-state index contributed by atoms with van der Waals surface area (Å²) in [6.45, 7) is 10.4. The highest BCUT2D eigenvalue weighted by Gasteiger charge is 2.28. The predicted octanol–water partition coefficient (Wildman–Crippen LogP) is 3.96. The molecular formula is C22H34IN5O2. The minimum absolute atomic E-state index is 0. The number of nitrogens with zero attached hydrogens (tertiary/aromatic N) is 4. The summed E-state index contributed by atoms with van der Waals surface area (Å²) in [5, 5.41) is 3.46. The summed E-state index contributed by atoms with van der Waals surface area (Å²) in [6, 6.07) is 6.41. The molecule has 3 rings (SSSR count). The fourth-order valence-electron chi connectivity index (χ4n) is 3.77. The second-order valence-corrected chi connectivity index (χ2v) is 7.38. The van der Waals surface area contributed by atoms with Gasteiger partial charge in [0.1, 0.15) is 0 Å². The molecule has 1 aromatic carbocycles. The lowest BCUT2D eigenvalue weighted by Crippen LogP contribution is -2.49. The Morgan fingerprint density at radius 1 is 1.30 bits per heavy atom. The highest BCUT2D eigenvalue weighted by Crippen LogP contribution is 2.29. The number of nitrogens with one attached hydrogen (secondary N) is 1. The smallest absolute Gasteiger partial charge is 0.194 e. The Morgan fingerprint density at radius 3 is 2.80 bits per heavy atom. The zero-order chi connectivity index (χ0) is 20.6. The average Bonchev–Trinajstić information content (AvgIpc) is 3.27. The van der Waals surface area contributed by atoms with Crippen LogP contribution < -0.4 is 14.8 Å². The monoisotopic (exact) mass is 527 g/mol. The first-order valence-corrected chi connectivity index (χ1v) is 10.5. The summed E-state index contributed by atoms with van der Waals surface area (Å²) in [6.07, 6.45) is 6.96. The van der Waals surface area contributed by atoms with Gasteiger partial charge < -0.3 is 24.3 Å². The Bertz CT molecular complexity index is 797. The summed E-state index contributed by atoms with van der Waals surface area (Å²) in [5.74, 6) is 3.08. The quantitative estimate of drug-likeness (QED) is 0.336. The van der Waals surface area contributed by atoms with E-state index in [1.165, 1.54) is 0 Å². The van der Waals surface area contributed by atoms with E-state index in [1.54, 1.807) is 7.11 Å². The molecule has 2 unspecified atom stereocenters. The number of aliphatic imine (C=N–C) groups is 1. The number of rotatable bonds is 7. The second-order valence-electron chi connectivity index (χ2n) is 7.38. The predicted molar refractivity (Wildman–Crippen MR) is 131 cm³/mol. The average molecular weight is 527 g/mol. The summed E-state index contributed by atoms with van der Waals surface area (Å²) in [5.41, 5.74) is 1.10. The molecule has 0 amide bonds. The number of ether oxygens (including phenoxy) is 2. The van der Waals surface area contributed by atoms with Gasteiger partial charge in [0.15, 0.2) is 17.5 Å². The SMILES string of the molecule is CCNC(=NCc1ccc(OC)c(OCC)c1)N1CCC(C)C(n2ccnc2)C1.I. The van der Waals surface area contributed by atoms with Crippen molar-refractivity contribution in [3.63, 3.8) is 0 Å². The van der Waals surface area contributed by atoms with Crippen molar-refractivity contribution in [1.29, 1.82) is 0 Å². The molecule has 2 heterocycles. The van der Waals surface area contributed by atoms with Crippen LogP contribution in [0.4, 0.5) is 0 Å². The van der Waals surface area contributed by atoms with E-state index in [2.05, 4.69) is 39.8 Å². The molecule has 166 valence electrons. The Balaban J connectivity index is 0.00000320. The van der Waals surface area contributed by atoms with Crippen LogP contribution in [0.1, 0.15) is 38.8 Å². The number of methoxy groups -OCH3 is 1. The minimum Gasteiger partial charge on any atom is -0.493 e. The Hall–Kier alpha value is -1.97. The van der Waals surface area contributed by atoms with Gasteiger partial charge in [-0.15, -0.1) is 24.0 Å². The van der Waals surface area contributed by atoms with E-state index < -0.39 is 0 Å². The van der Waals surface area contributed by atoms with Crippen LogP contribution in [0.2, 0.25) is 0 Å². The van der Waals surface area contributed by atoms with E-state index in [1.807, 2.05) is 37.6 Å². The van der Waals surface area contributed by atoms with Gasteiger partial charge in [-0.05, 0) is 43.9 Å². The summed E-state index contributed by atoms with van der Waals surface area (Å²) >= 11 is 0. The fourth-order valence-corrected chi connectivity index (χ4v) is 3.77. The molecule has 0 saturated carbocycles. The van der Waals surface area contributed by atoms with E-state index in [0.717, 1.165) is 49.1 Å². The van der Waals surface area contributed by atoms with Gasteiger partial charge in [-0.3, -0.25) is 0 Å². The zero-order valence-electron chi connectivity index (χ0n) is 18.4. The van der Waals surface area contributed by atoms with Crippen LogP contribution in [-0.4, -0.2) is 53.8 Å². The van der Waals surface area contributed by atoms with E-state index in [-0.39, 0.29) is 24.0 Å². The van der Waals surface area contributed by atoms with Gasteiger partial charge in [0.05, 0.1) is 32.6 Å². The lowest BCUT2D eigenvalue weighted by Gasteiger charge is -2.39. The van der Waals surface area contributed by atoms with Crippen molar-refractivity contribution in [2.45, 2.75) is 39.8 Å². The van der Waals surface area contributed by atoms with Gasteiger partial charge in [0, 0.05) is 32.0 Å². The van der Waals surface area contributed by atoms with E-state index in [4.69, 9.17) is 14.5 Å². The van der Waals surface area contributed by atoms with Crippen LogP contribution in [-0.2, 0) is 6.54 Å². The molecule has 0 radical (unpaired) electrons. The van der Waals surface area contributed by atoms with Crippen LogP contribution in [0, 0.1) is 5.92 Å². The molecule has 2 atom stereocenters. The van der Waals surface area contributed by atoms with Crippen LogP contribution in [0.25, 0.3) is 0 Å². The zero-order valence-corrected chi connectivity index (χ0v) is 20.7. The Kier molecular flexibility index (Phi) is 9.74. The molecule has 30 heavy (non-hydrogen) atoms. The first-order valence-electron chi connectivity index (χ1n) is 10.5. The molecule has 1 N–H and O–H groups in total. The number of imidazole rings is 1. The topological polar surface area (TPSA) is 63.9 Å². The largest absolute Gasteiger partial charge is 0.493 e. The maximum Gasteiger partial charge on any atom is 0.194 e. The van der Waals surface area contributed by atoms with Gasteiger partial charge in [-0.25, -0.2) is 9.98 Å². The Labute approximate surface area is 196 Å². The van der Waals surface area contributed by atoms with Crippen LogP contribution in [0.5, 0.6) is 11.5 Å². The minimum atomic E-state index is 0. The molecule has 0 spiro atoms. The molecule has 1 aliphatic heterocycles. The molecule has 1 aromatic heterocycles. The first kappa shape index (κ1) is 24.3. The van der Waals surface area contributed by atoms with Gasteiger partial charge in [-0.2, -0.15) is 0 Å². The van der Waals surface area contributed by atoms with Crippen molar-refractivity contribution in [2.24, 2.45) is 10.9 Å². The van der Waals surface area contributed by atoms with Crippen LogP contribution in [0.3, 0.4) is 0 Å². The lowest BCUT2D eigenvalue weighted by molar-refractivity contribution is 0.189. The summed E-state index contributed by atoms with van der Waals surface area (Å²) in [4.78, 5) is 11.5. The molecule has 8 heteroatoms. The third kappa shape index (κ3) is 6.02. The Morgan fingerprint density at radius 2 is 2.13 bits per heavy atom.